The zero-order chi connectivity index (χ0) is 19.3. The Bertz CT molecular complexity index is 819. The summed E-state index contributed by atoms with van der Waals surface area (Å²) < 4.78 is 37.3. The molecule has 7 nitrogen and oxygen atoms in total. The highest BCUT2D eigenvalue weighted by Crippen LogP contribution is 2.32. The van der Waals surface area contributed by atoms with Gasteiger partial charge in [0, 0.05) is 19.7 Å². The first-order valence-electron chi connectivity index (χ1n) is 9.27. The molecule has 0 fully saturated rings. The third-order valence-electron chi connectivity index (χ3n) is 4.74. The van der Waals surface area contributed by atoms with Crippen molar-refractivity contribution in [3.63, 3.8) is 0 Å². The minimum absolute atomic E-state index is 0.0782. The summed E-state index contributed by atoms with van der Waals surface area (Å²) in [6.07, 6.45) is 7.71. The Hall–Kier alpha value is -2.06. The first-order valence-corrected chi connectivity index (χ1v) is 10.7. The number of carbonyl (C=O) groups excluding carboxylic acids is 1. The van der Waals surface area contributed by atoms with Gasteiger partial charge in [0.25, 0.3) is 0 Å². The zero-order valence-electron chi connectivity index (χ0n) is 15.6. The van der Waals surface area contributed by atoms with Crippen molar-refractivity contribution in [3.8, 4) is 11.5 Å². The number of carbonyl (C=O) groups is 1. The lowest BCUT2D eigenvalue weighted by atomic mass is 9.97. The fraction of sp³-hybridized carbons (Fsp3) is 0.526. The van der Waals surface area contributed by atoms with E-state index >= 15 is 0 Å². The summed E-state index contributed by atoms with van der Waals surface area (Å²) in [7, 11) is -2.39. The molecule has 0 atom stereocenters. The van der Waals surface area contributed by atoms with Gasteiger partial charge in [-0.15, -0.1) is 0 Å². The van der Waals surface area contributed by atoms with Crippen LogP contribution in [-0.4, -0.2) is 52.0 Å². The second-order valence-corrected chi connectivity index (χ2v) is 8.82. The standard InChI is InChI=1S/C19H26N2O5S/c1-21(14-19(22)20-10-9-15-5-3-2-4-6-15)27(23,24)16-7-8-17-18(13-16)26-12-11-25-17/h5,7-8,13H,2-4,6,9-12,14H2,1H3,(H,20,22). The highest BCUT2D eigenvalue weighted by molar-refractivity contribution is 7.89. The van der Waals surface area contributed by atoms with Gasteiger partial charge in [0.2, 0.25) is 15.9 Å². The van der Waals surface area contributed by atoms with E-state index in [1.54, 1.807) is 6.07 Å². The third kappa shape index (κ3) is 5.01. The maximum Gasteiger partial charge on any atom is 0.243 e. The Morgan fingerprint density at radius 3 is 2.70 bits per heavy atom. The molecule has 1 heterocycles. The number of nitrogens with one attached hydrogen (secondary N) is 1. The van der Waals surface area contributed by atoms with E-state index in [2.05, 4.69) is 11.4 Å². The molecule has 1 N–H and O–H groups in total. The number of hydrogen-bond acceptors (Lipinski definition) is 5. The van der Waals surface area contributed by atoms with Crippen LogP contribution in [0, 0.1) is 0 Å². The van der Waals surface area contributed by atoms with Crippen molar-refractivity contribution in [1.29, 1.82) is 0 Å². The molecule has 0 bridgehead atoms. The van der Waals surface area contributed by atoms with Crippen molar-refractivity contribution < 1.29 is 22.7 Å². The molecule has 1 amide bonds. The molecule has 0 spiro atoms. The molecule has 0 saturated carbocycles. The van der Waals surface area contributed by atoms with E-state index in [0.29, 0.717) is 31.3 Å². The molecule has 8 heteroatoms. The van der Waals surface area contributed by atoms with Crippen molar-refractivity contribution in [2.45, 2.75) is 37.0 Å². The molecule has 1 aliphatic carbocycles. The number of sulfonamides is 1. The Balaban J connectivity index is 1.55. The van der Waals surface area contributed by atoms with E-state index in [0.717, 1.165) is 23.6 Å². The minimum atomic E-state index is -3.79. The number of amides is 1. The molecule has 0 saturated heterocycles. The number of benzene rings is 1. The van der Waals surface area contributed by atoms with Crippen molar-refractivity contribution in [3.05, 3.63) is 29.8 Å². The molecule has 1 aromatic rings. The van der Waals surface area contributed by atoms with Crippen LogP contribution >= 0.6 is 0 Å². The fourth-order valence-electron chi connectivity index (χ4n) is 3.20. The molecule has 2 aliphatic rings. The van der Waals surface area contributed by atoms with E-state index in [1.807, 2.05) is 0 Å². The van der Waals surface area contributed by atoms with Gasteiger partial charge in [-0.25, -0.2) is 8.42 Å². The number of fused-ring (bicyclic) bond motifs is 1. The quantitative estimate of drug-likeness (QED) is 0.716. The van der Waals surface area contributed by atoms with Crippen LogP contribution in [-0.2, 0) is 14.8 Å². The predicted molar refractivity (Wildman–Crippen MR) is 101 cm³/mol. The number of hydrogen-bond donors (Lipinski definition) is 1. The van der Waals surface area contributed by atoms with E-state index in [-0.39, 0.29) is 17.3 Å². The lowest BCUT2D eigenvalue weighted by Gasteiger charge is -2.21. The molecule has 1 aliphatic heterocycles. The van der Waals surface area contributed by atoms with Crippen LogP contribution in [0.2, 0.25) is 0 Å². The number of rotatable bonds is 7. The Morgan fingerprint density at radius 2 is 1.96 bits per heavy atom. The van der Waals surface area contributed by atoms with Crippen molar-refractivity contribution in [1.82, 2.24) is 9.62 Å². The normalized spacial score (nSPS) is 16.7. The van der Waals surface area contributed by atoms with Crippen molar-refractivity contribution in [2.75, 3.05) is 33.4 Å². The number of allylic oxidation sites excluding steroid dienone is 1. The van der Waals surface area contributed by atoms with Crippen molar-refractivity contribution >= 4 is 15.9 Å². The van der Waals surface area contributed by atoms with Crippen molar-refractivity contribution in [2.24, 2.45) is 0 Å². The zero-order valence-corrected chi connectivity index (χ0v) is 16.4. The minimum Gasteiger partial charge on any atom is -0.486 e. The number of likely N-dealkylation sites (N-methyl/N-ethyl adjacent to an activating group) is 1. The van der Waals surface area contributed by atoms with Crippen LogP contribution in [0.5, 0.6) is 11.5 Å². The smallest absolute Gasteiger partial charge is 0.243 e. The Morgan fingerprint density at radius 1 is 1.19 bits per heavy atom. The first-order chi connectivity index (χ1) is 13.0. The van der Waals surface area contributed by atoms with Gasteiger partial charge in [-0.1, -0.05) is 11.6 Å². The van der Waals surface area contributed by atoms with Crippen LogP contribution in [0.25, 0.3) is 0 Å². The maximum atomic E-state index is 12.7. The maximum absolute atomic E-state index is 12.7. The van der Waals surface area contributed by atoms with Crippen LogP contribution < -0.4 is 14.8 Å². The van der Waals surface area contributed by atoms with Crippen LogP contribution in [0.4, 0.5) is 0 Å². The highest BCUT2D eigenvalue weighted by Gasteiger charge is 2.25. The summed E-state index contributed by atoms with van der Waals surface area (Å²) >= 11 is 0. The summed E-state index contributed by atoms with van der Waals surface area (Å²) in [5.74, 6) is 0.619. The molecule has 1 aromatic carbocycles. The molecule has 27 heavy (non-hydrogen) atoms. The summed E-state index contributed by atoms with van der Waals surface area (Å²) in [5, 5.41) is 2.80. The van der Waals surface area contributed by atoms with Gasteiger partial charge in [0.05, 0.1) is 11.4 Å². The SMILES string of the molecule is CN(CC(=O)NCCC1=CCCCC1)S(=O)(=O)c1ccc2c(c1)OCCO2. The second kappa shape index (κ2) is 8.75. The monoisotopic (exact) mass is 394 g/mol. The average molecular weight is 394 g/mol. The van der Waals surface area contributed by atoms with E-state index in [9.17, 15) is 13.2 Å². The summed E-state index contributed by atoms with van der Waals surface area (Å²) in [6, 6.07) is 4.48. The number of ether oxygens (including phenoxy) is 2. The third-order valence-corrected chi connectivity index (χ3v) is 6.54. The first kappa shape index (κ1) is 19.7. The Labute approximate surface area is 160 Å². The Kier molecular flexibility index (Phi) is 6.38. The molecule has 0 radical (unpaired) electrons. The van der Waals surface area contributed by atoms with E-state index in [1.165, 1.54) is 37.6 Å². The van der Waals surface area contributed by atoms with Gasteiger partial charge in [0.15, 0.2) is 11.5 Å². The van der Waals surface area contributed by atoms with Gasteiger partial charge >= 0.3 is 0 Å². The lowest BCUT2D eigenvalue weighted by molar-refractivity contribution is -0.121. The predicted octanol–water partition coefficient (Wildman–Crippen LogP) is 2.08. The molecular formula is C19H26N2O5S. The van der Waals surface area contributed by atoms with E-state index < -0.39 is 10.0 Å². The topological polar surface area (TPSA) is 84.9 Å². The summed E-state index contributed by atoms with van der Waals surface area (Å²) in [4.78, 5) is 12.2. The van der Waals surface area contributed by atoms with Gasteiger partial charge in [-0.2, -0.15) is 4.31 Å². The van der Waals surface area contributed by atoms with Crippen LogP contribution in [0.3, 0.4) is 0 Å². The summed E-state index contributed by atoms with van der Waals surface area (Å²) in [6.45, 7) is 1.12. The van der Waals surface area contributed by atoms with Gasteiger partial charge in [0.1, 0.15) is 13.2 Å². The molecule has 148 valence electrons. The highest BCUT2D eigenvalue weighted by atomic mass is 32.2. The van der Waals surface area contributed by atoms with Gasteiger partial charge in [-0.3, -0.25) is 4.79 Å². The molecular weight excluding hydrogens is 368 g/mol. The van der Waals surface area contributed by atoms with Gasteiger partial charge in [-0.05, 0) is 44.2 Å². The van der Waals surface area contributed by atoms with Crippen LogP contribution in [0.1, 0.15) is 32.1 Å². The summed E-state index contributed by atoms with van der Waals surface area (Å²) in [5.41, 5.74) is 1.37. The average Bonchev–Trinajstić information content (AvgIpc) is 2.68. The fourth-order valence-corrected chi connectivity index (χ4v) is 4.34. The number of nitrogens with zero attached hydrogens (tertiary/aromatic N) is 1. The lowest BCUT2D eigenvalue weighted by Crippen LogP contribution is -2.38. The molecule has 0 unspecified atom stereocenters. The molecule has 3 rings (SSSR count). The van der Waals surface area contributed by atoms with E-state index in [4.69, 9.17) is 9.47 Å². The van der Waals surface area contributed by atoms with Gasteiger partial charge < -0.3 is 14.8 Å². The largest absolute Gasteiger partial charge is 0.486 e. The van der Waals surface area contributed by atoms with Crippen LogP contribution in [0.15, 0.2) is 34.7 Å². The molecule has 0 aromatic heterocycles. The second-order valence-electron chi connectivity index (χ2n) is 6.77.